The van der Waals surface area contributed by atoms with Crippen molar-refractivity contribution < 1.29 is 14.3 Å². The third-order valence-corrected chi connectivity index (χ3v) is 4.18. The van der Waals surface area contributed by atoms with E-state index in [2.05, 4.69) is 5.32 Å². The maximum atomic E-state index is 14.4. The molecule has 0 atom stereocenters. The summed E-state index contributed by atoms with van der Waals surface area (Å²) < 4.78 is 16.0. The summed E-state index contributed by atoms with van der Waals surface area (Å²) in [5.74, 6) is -2.00. The number of nitrogens with one attached hydrogen (secondary N) is 1. The molecule has 5 nitrogen and oxygen atoms in total. The number of carbonyl (C=O) groups is 1. The summed E-state index contributed by atoms with van der Waals surface area (Å²) in [5, 5.41) is 12.2. The van der Waals surface area contributed by atoms with Crippen molar-refractivity contribution in [3.63, 3.8) is 0 Å². The van der Waals surface area contributed by atoms with E-state index in [-0.39, 0.29) is 33.7 Å². The van der Waals surface area contributed by atoms with Crippen molar-refractivity contribution in [3.8, 4) is 0 Å². The SMILES string of the molecule is CC(C)Nc1c(F)cc2c(=O)c(C(=O)O)cn(C3CC3)c2c1Cl. The number of carboxylic acids is 1. The topological polar surface area (TPSA) is 71.3 Å². The van der Waals surface area contributed by atoms with Gasteiger partial charge in [-0.05, 0) is 32.8 Å². The van der Waals surface area contributed by atoms with Gasteiger partial charge in [0.05, 0.1) is 21.6 Å². The number of pyridine rings is 1. The number of benzene rings is 1. The highest BCUT2D eigenvalue weighted by atomic mass is 35.5. The molecule has 1 aromatic heterocycles. The fourth-order valence-electron chi connectivity index (χ4n) is 2.66. The number of anilines is 1. The summed E-state index contributed by atoms with van der Waals surface area (Å²) in [5.41, 5.74) is -0.578. The molecule has 0 spiro atoms. The summed E-state index contributed by atoms with van der Waals surface area (Å²) in [4.78, 5) is 23.7. The lowest BCUT2D eigenvalue weighted by Crippen LogP contribution is -2.20. The van der Waals surface area contributed by atoms with E-state index in [1.165, 1.54) is 6.20 Å². The van der Waals surface area contributed by atoms with Gasteiger partial charge in [0.25, 0.3) is 0 Å². The monoisotopic (exact) mass is 338 g/mol. The number of halogens is 2. The number of carboxylic acid groups (broad SMARTS) is 1. The normalized spacial score (nSPS) is 14.5. The number of nitrogens with zero attached hydrogens (tertiary/aromatic N) is 1. The second-order valence-corrected chi connectivity index (χ2v) is 6.44. The van der Waals surface area contributed by atoms with Crippen molar-refractivity contribution >= 4 is 34.2 Å². The number of hydrogen-bond donors (Lipinski definition) is 2. The van der Waals surface area contributed by atoms with Crippen LogP contribution in [0.25, 0.3) is 10.9 Å². The van der Waals surface area contributed by atoms with Gasteiger partial charge in [-0.3, -0.25) is 4.79 Å². The Hall–Kier alpha value is -2.08. The summed E-state index contributed by atoms with van der Waals surface area (Å²) in [7, 11) is 0. The molecule has 1 aliphatic carbocycles. The summed E-state index contributed by atoms with van der Waals surface area (Å²) in [6.45, 7) is 3.70. The molecule has 0 amide bonds. The van der Waals surface area contributed by atoms with Gasteiger partial charge in [0.2, 0.25) is 5.43 Å². The molecule has 0 aliphatic heterocycles. The highest BCUT2D eigenvalue weighted by Crippen LogP contribution is 2.41. The fraction of sp³-hybridized carbons (Fsp3) is 0.375. The van der Waals surface area contributed by atoms with E-state index in [9.17, 15) is 19.1 Å². The Balaban J connectivity index is 2.40. The van der Waals surface area contributed by atoms with Crippen LogP contribution in [0.5, 0.6) is 0 Å². The van der Waals surface area contributed by atoms with Gasteiger partial charge in [0.1, 0.15) is 11.4 Å². The minimum absolute atomic E-state index is 0.00592. The Morgan fingerprint density at radius 3 is 2.65 bits per heavy atom. The zero-order chi connectivity index (χ0) is 16.9. The average Bonchev–Trinajstić information content (AvgIpc) is 3.28. The number of hydrogen-bond acceptors (Lipinski definition) is 3. The van der Waals surface area contributed by atoms with Crippen molar-refractivity contribution in [3.05, 3.63) is 38.9 Å². The second-order valence-electron chi connectivity index (χ2n) is 6.06. The Kier molecular flexibility index (Phi) is 3.80. The minimum atomic E-state index is -1.33. The van der Waals surface area contributed by atoms with Crippen LogP contribution in [0, 0.1) is 5.82 Å². The average molecular weight is 339 g/mol. The van der Waals surface area contributed by atoms with Crippen LogP contribution in [-0.4, -0.2) is 21.7 Å². The van der Waals surface area contributed by atoms with E-state index in [0.29, 0.717) is 5.52 Å². The van der Waals surface area contributed by atoms with Crippen LogP contribution in [0.1, 0.15) is 43.1 Å². The molecule has 3 rings (SSSR count). The molecule has 7 heteroatoms. The molecule has 0 saturated heterocycles. The maximum Gasteiger partial charge on any atom is 0.341 e. The molecule has 1 saturated carbocycles. The van der Waals surface area contributed by atoms with Crippen LogP contribution in [-0.2, 0) is 0 Å². The molecule has 2 aromatic rings. The van der Waals surface area contributed by atoms with Crippen molar-refractivity contribution in [2.45, 2.75) is 38.8 Å². The van der Waals surface area contributed by atoms with Crippen molar-refractivity contribution in [2.24, 2.45) is 0 Å². The molecule has 2 N–H and O–H groups in total. The number of aromatic carboxylic acids is 1. The first-order chi connectivity index (χ1) is 10.8. The van der Waals surface area contributed by atoms with Gasteiger partial charge in [-0.1, -0.05) is 11.6 Å². The highest BCUT2D eigenvalue weighted by molar-refractivity contribution is 6.38. The first kappa shape index (κ1) is 15.8. The molecule has 0 bridgehead atoms. The molecule has 1 aliphatic rings. The predicted octanol–water partition coefficient (Wildman–Crippen LogP) is 3.65. The first-order valence-corrected chi connectivity index (χ1v) is 7.75. The van der Waals surface area contributed by atoms with Gasteiger partial charge in [-0.15, -0.1) is 0 Å². The standard InChI is InChI=1S/C16H16ClFN2O3/c1-7(2)19-13-11(18)5-9-14(12(13)17)20(8-3-4-8)6-10(15(9)21)16(22)23/h5-8,19H,3-4H2,1-2H3,(H,22,23). The van der Waals surface area contributed by atoms with Gasteiger partial charge < -0.3 is 15.0 Å². The lowest BCUT2D eigenvalue weighted by Gasteiger charge is -2.18. The van der Waals surface area contributed by atoms with Crippen LogP contribution < -0.4 is 10.7 Å². The minimum Gasteiger partial charge on any atom is -0.477 e. The number of fused-ring (bicyclic) bond motifs is 1. The van der Waals surface area contributed by atoms with E-state index in [0.717, 1.165) is 18.9 Å². The molecule has 0 radical (unpaired) electrons. The second kappa shape index (κ2) is 5.53. The van der Waals surface area contributed by atoms with Crippen molar-refractivity contribution in [2.75, 3.05) is 5.32 Å². The Labute approximate surface area is 136 Å². The quantitative estimate of drug-likeness (QED) is 0.892. The number of aromatic nitrogens is 1. The van der Waals surface area contributed by atoms with E-state index in [4.69, 9.17) is 11.6 Å². The van der Waals surface area contributed by atoms with E-state index < -0.39 is 17.2 Å². The molecular formula is C16H16ClFN2O3. The van der Waals surface area contributed by atoms with Crippen LogP contribution in [0.15, 0.2) is 17.1 Å². The van der Waals surface area contributed by atoms with Crippen LogP contribution >= 0.6 is 11.6 Å². The lowest BCUT2D eigenvalue weighted by atomic mass is 10.1. The van der Waals surface area contributed by atoms with Crippen LogP contribution in [0.3, 0.4) is 0 Å². The lowest BCUT2D eigenvalue weighted by molar-refractivity contribution is 0.0695. The molecule has 122 valence electrons. The molecule has 23 heavy (non-hydrogen) atoms. The largest absolute Gasteiger partial charge is 0.477 e. The van der Waals surface area contributed by atoms with Gasteiger partial charge in [-0.25, -0.2) is 9.18 Å². The molecule has 1 aromatic carbocycles. The Morgan fingerprint density at radius 2 is 2.13 bits per heavy atom. The molecular weight excluding hydrogens is 323 g/mol. The van der Waals surface area contributed by atoms with Crippen LogP contribution in [0.2, 0.25) is 5.02 Å². The summed E-state index contributed by atoms with van der Waals surface area (Å²) in [6, 6.07) is 1.12. The molecule has 1 heterocycles. The Morgan fingerprint density at radius 1 is 1.48 bits per heavy atom. The van der Waals surface area contributed by atoms with Gasteiger partial charge in [-0.2, -0.15) is 0 Å². The summed E-state index contributed by atoms with van der Waals surface area (Å²) >= 11 is 6.36. The smallest absolute Gasteiger partial charge is 0.341 e. The summed E-state index contributed by atoms with van der Waals surface area (Å²) in [6.07, 6.45) is 3.06. The molecule has 0 unspecified atom stereocenters. The fourth-order valence-corrected chi connectivity index (χ4v) is 3.00. The zero-order valence-corrected chi connectivity index (χ0v) is 13.4. The van der Waals surface area contributed by atoms with E-state index in [1.54, 1.807) is 4.57 Å². The first-order valence-electron chi connectivity index (χ1n) is 7.38. The third kappa shape index (κ3) is 2.67. The Bertz CT molecular complexity index is 872. The van der Waals surface area contributed by atoms with Crippen LogP contribution in [0.4, 0.5) is 10.1 Å². The van der Waals surface area contributed by atoms with Gasteiger partial charge in [0.15, 0.2) is 0 Å². The molecule has 1 fully saturated rings. The van der Waals surface area contributed by atoms with Crippen molar-refractivity contribution in [1.29, 1.82) is 0 Å². The van der Waals surface area contributed by atoms with E-state index >= 15 is 0 Å². The van der Waals surface area contributed by atoms with E-state index in [1.807, 2.05) is 13.8 Å². The predicted molar refractivity (Wildman–Crippen MR) is 87.2 cm³/mol. The zero-order valence-electron chi connectivity index (χ0n) is 12.7. The van der Waals surface area contributed by atoms with Gasteiger partial charge >= 0.3 is 5.97 Å². The number of rotatable bonds is 4. The maximum absolute atomic E-state index is 14.4. The van der Waals surface area contributed by atoms with Crippen molar-refractivity contribution in [1.82, 2.24) is 4.57 Å². The van der Waals surface area contributed by atoms with Gasteiger partial charge in [0, 0.05) is 18.3 Å². The highest BCUT2D eigenvalue weighted by Gasteiger charge is 2.29. The third-order valence-electron chi connectivity index (χ3n) is 3.81.